The monoisotopic (exact) mass is 376 g/mol. The molecule has 26 heavy (non-hydrogen) atoms. The summed E-state index contributed by atoms with van der Waals surface area (Å²) in [5.74, 6) is -2.61. The molecule has 1 unspecified atom stereocenters. The highest BCUT2D eigenvalue weighted by atomic mass is 19.4. The Bertz CT molecular complexity index is 555. The zero-order valence-electron chi connectivity index (χ0n) is 15.5. The third kappa shape index (κ3) is 7.34. The summed E-state index contributed by atoms with van der Waals surface area (Å²) < 4.78 is 57.5. The van der Waals surface area contributed by atoms with Crippen LogP contribution in [0.1, 0.15) is 87.6 Å². The van der Waals surface area contributed by atoms with Gasteiger partial charge < -0.3 is 4.74 Å². The summed E-state index contributed by atoms with van der Waals surface area (Å²) in [6, 6.07) is 2.65. The van der Waals surface area contributed by atoms with Gasteiger partial charge in [0.15, 0.2) is 0 Å². The Balaban J connectivity index is 2.54. The molecule has 0 radical (unpaired) electrons. The van der Waals surface area contributed by atoms with Crippen molar-refractivity contribution in [1.29, 1.82) is 0 Å². The Morgan fingerprint density at radius 2 is 1.65 bits per heavy atom. The molecule has 6 heteroatoms. The quantitative estimate of drug-likeness (QED) is 0.238. The fourth-order valence-electron chi connectivity index (χ4n) is 2.80. The summed E-state index contributed by atoms with van der Waals surface area (Å²) in [5.41, 5.74) is -2.12. The van der Waals surface area contributed by atoms with Crippen LogP contribution in [0.5, 0.6) is 0 Å². The number of alkyl halides is 3. The maximum absolute atomic E-state index is 14.0. The van der Waals surface area contributed by atoms with E-state index >= 15 is 0 Å². The van der Waals surface area contributed by atoms with E-state index in [2.05, 4.69) is 6.92 Å². The van der Waals surface area contributed by atoms with E-state index in [1.165, 1.54) is 25.7 Å². The van der Waals surface area contributed by atoms with Crippen LogP contribution in [0.3, 0.4) is 0 Å². The van der Waals surface area contributed by atoms with Crippen LogP contribution in [0.15, 0.2) is 18.2 Å². The highest BCUT2D eigenvalue weighted by Crippen LogP contribution is 2.32. The van der Waals surface area contributed by atoms with E-state index < -0.39 is 35.2 Å². The Morgan fingerprint density at radius 1 is 1.04 bits per heavy atom. The van der Waals surface area contributed by atoms with Crippen LogP contribution >= 0.6 is 0 Å². The predicted molar refractivity (Wildman–Crippen MR) is 93.5 cm³/mol. The molecule has 2 nitrogen and oxygen atoms in total. The second kappa shape index (κ2) is 11.2. The fraction of sp³-hybridized carbons (Fsp3) is 0.650. The van der Waals surface area contributed by atoms with E-state index in [1.54, 1.807) is 0 Å². The summed E-state index contributed by atoms with van der Waals surface area (Å²) in [7, 11) is 0. The molecule has 0 aliphatic rings. The Kier molecular flexibility index (Phi) is 9.66. The average molecular weight is 376 g/mol. The van der Waals surface area contributed by atoms with Gasteiger partial charge in [0.05, 0.1) is 11.1 Å². The number of ether oxygens (including phenoxy) is 1. The van der Waals surface area contributed by atoms with Crippen LogP contribution in [0.2, 0.25) is 0 Å². The SMILES string of the molecule is CCCCCCCCCC(CC)OC(=O)c1cccc(C(F)(F)F)c1F. The zero-order valence-corrected chi connectivity index (χ0v) is 15.5. The molecule has 0 amide bonds. The number of rotatable bonds is 11. The van der Waals surface area contributed by atoms with Crippen molar-refractivity contribution in [3.63, 3.8) is 0 Å². The fourth-order valence-corrected chi connectivity index (χ4v) is 2.80. The second-order valence-electron chi connectivity index (χ2n) is 6.51. The van der Waals surface area contributed by atoms with Gasteiger partial charge in [0.2, 0.25) is 0 Å². The molecule has 0 saturated heterocycles. The minimum absolute atomic E-state index is 0.410. The molecule has 1 aromatic rings. The summed E-state index contributed by atoms with van der Waals surface area (Å²) in [4.78, 5) is 12.1. The Morgan fingerprint density at radius 3 is 2.23 bits per heavy atom. The third-order valence-electron chi connectivity index (χ3n) is 4.38. The average Bonchev–Trinajstić information content (AvgIpc) is 2.58. The normalized spacial score (nSPS) is 12.8. The molecule has 0 N–H and O–H groups in total. The summed E-state index contributed by atoms with van der Waals surface area (Å²) in [6.07, 6.45) is 3.77. The van der Waals surface area contributed by atoms with Crippen molar-refractivity contribution >= 4 is 5.97 Å². The lowest BCUT2D eigenvalue weighted by atomic mass is 10.0. The predicted octanol–water partition coefficient (Wildman–Crippen LogP) is 6.92. The van der Waals surface area contributed by atoms with E-state index in [-0.39, 0.29) is 0 Å². The number of benzene rings is 1. The first kappa shape index (κ1) is 22.5. The van der Waals surface area contributed by atoms with Crippen LogP contribution in [-0.2, 0) is 10.9 Å². The first-order valence-corrected chi connectivity index (χ1v) is 9.37. The van der Waals surface area contributed by atoms with E-state index in [1.807, 2.05) is 6.92 Å². The molecular weight excluding hydrogens is 348 g/mol. The Labute approximate surface area is 152 Å². The number of carbonyl (C=O) groups is 1. The number of esters is 1. The van der Waals surface area contributed by atoms with Gasteiger partial charge in [0, 0.05) is 0 Å². The largest absolute Gasteiger partial charge is 0.459 e. The summed E-state index contributed by atoms with van der Waals surface area (Å²) in [6.45, 7) is 4.00. The van der Waals surface area contributed by atoms with Crippen molar-refractivity contribution in [1.82, 2.24) is 0 Å². The maximum Gasteiger partial charge on any atom is 0.419 e. The van der Waals surface area contributed by atoms with Crippen molar-refractivity contribution in [2.24, 2.45) is 0 Å². The lowest BCUT2D eigenvalue weighted by molar-refractivity contribution is -0.140. The van der Waals surface area contributed by atoms with E-state index in [0.717, 1.165) is 31.4 Å². The second-order valence-corrected chi connectivity index (χ2v) is 6.51. The van der Waals surface area contributed by atoms with Crippen LogP contribution < -0.4 is 0 Å². The minimum atomic E-state index is -4.84. The molecule has 0 spiro atoms. The molecule has 0 fully saturated rings. The molecule has 0 saturated carbocycles. The molecule has 0 aliphatic heterocycles. The highest BCUT2D eigenvalue weighted by molar-refractivity contribution is 5.90. The molecule has 1 aromatic carbocycles. The smallest absolute Gasteiger partial charge is 0.419 e. The van der Waals surface area contributed by atoms with E-state index in [9.17, 15) is 22.4 Å². The van der Waals surface area contributed by atoms with Crippen LogP contribution in [0.25, 0.3) is 0 Å². The van der Waals surface area contributed by atoms with Crippen LogP contribution in [-0.4, -0.2) is 12.1 Å². The Hall–Kier alpha value is -1.59. The van der Waals surface area contributed by atoms with Gasteiger partial charge in [-0.05, 0) is 31.4 Å². The van der Waals surface area contributed by atoms with Crippen molar-refractivity contribution in [3.05, 3.63) is 35.1 Å². The highest BCUT2D eigenvalue weighted by Gasteiger charge is 2.36. The topological polar surface area (TPSA) is 26.3 Å². The van der Waals surface area contributed by atoms with Gasteiger partial charge >= 0.3 is 12.1 Å². The molecule has 0 aliphatic carbocycles. The minimum Gasteiger partial charge on any atom is -0.459 e. The van der Waals surface area contributed by atoms with Gasteiger partial charge in [-0.2, -0.15) is 13.2 Å². The van der Waals surface area contributed by atoms with Crippen molar-refractivity contribution in [2.75, 3.05) is 0 Å². The molecule has 1 atom stereocenters. The summed E-state index contributed by atoms with van der Waals surface area (Å²) in [5, 5.41) is 0. The number of unbranched alkanes of at least 4 members (excludes halogenated alkanes) is 6. The van der Waals surface area contributed by atoms with Gasteiger partial charge in [0.1, 0.15) is 11.9 Å². The molecule has 148 valence electrons. The standard InChI is InChI=1S/C20H28F4O2/c1-3-5-6-7-8-9-10-12-15(4-2)26-19(25)16-13-11-14-17(18(16)21)20(22,23)24/h11,13-15H,3-10,12H2,1-2H3. The zero-order chi connectivity index (χ0) is 19.6. The number of carbonyl (C=O) groups excluding carboxylic acids is 1. The van der Waals surface area contributed by atoms with Crippen molar-refractivity contribution < 1.29 is 27.1 Å². The number of halogens is 4. The van der Waals surface area contributed by atoms with E-state index in [0.29, 0.717) is 18.9 Å². The van der Waals surface area contributed by atoms with Gasteiger partial charge in [0.25, 0.3) is 0 Å². The molecule has 0 bridgehead atoms. The molecule has 1 rings (SSSR count). The molecule has 0 aromatic heterocycles. The maximum atomic E-state index is 14.0. The van der Waals surface area contributed by atoms with Crippen molar-refractivity contribution in [2.45, 2.75) is 83.9 Å². The lowest BCUT2D eigenvalue weighted by Crippen LogP contribution is -2.20. The van der Waals surface area contributed by atoms with Crippen LogP contribution in [0.4, 0.5) is 17.6 Å². The van der Waals surface area contributed by atoms with Crippen LogP contribution in [0, 0.1) is 5.82 Å². The van der Waals surface area contributed by atoms with Crippen molar-refractivity contribution in [3.8, 4) is 0 Å². The third-order valence-corrected chi connectivity index (χ3v) is 4.38. The lowest BCUT2D eigenvalue weighted by Gasteiger charge is -2.17. The molecule has 0 heterocycles. The molecular formula is C20H28F4O2. The number of hydrogen-bond acceptors (Lipinski definition) is 2. The first-order chi connectivity index (χ1) is 12.3. The van der Waals surface area contributed by atoms with Gasteiger partial charge in [-0.25, -0.2) is 9.18 Å². The first-order valence-electron chi connectivity index (χ1n) is 9.37. The number of hydrogen-bond donors (Lipinski definition) is 0. The summed E-state index contributed by atoms with van der Waals surface area (Å²) >= 11 is 0. The van der Waals surface area contributed by atoms with E-state index in [4.69, 9.17) is 4.74 Å². The van der Waals surface area contributed by atoms with Gasteiger partial charge in [-0.15, -0.1) is 0 Å². The van der Waals surface area contributed by atoms with Gasteiger partial charge in [-0.3, -0.25) is 0 Å². The van der Waals surface area contributed by atoms with Gasteiger partial charge in [-0.1, -0.05) is 58.4 Å².